The van der Waals surface area contributed by atoms with Gasteiger partial charge >= 0.3 is 12.6 Å². The molecule has 0 atom stereocenters. The summed E-state index contributed by atoms with van der Waals surface area (Å²) < 4.78 is 32.0. The van der Waals surface area contributed by atoms with Crippen LogP contribution in [-0.2, 0) is 9.53 Å². The van der Waals surface area contributed by atoms with Crippen LogP contribution in [-0.4, -0.2) is 25.5 Å². The number of hydrogen-bond acceptors (Lipinski definition) is 4. The number of Topliss-reactive ketones (excluding diaryl/α,β-unsaturated/α-hetero) is 1. The first-order valence-corrected chi connectivity index (χ1v) is 4.22. The predicted molar refractivity (Wildman–Crippen MR) is 49.4 cm³/mol. The van der Waals surface area contributed by atoms with Crippen LogP contribution in [0.15, 0.2) is 24.3 Å². The molecule has 0 aromatic heterocycles. The minimum atomic E-state index is -2.98. The van der Waals surface area contributed by atoms with Crippen molar-refractivity contribution in [2.24, 2.45) is 0 Å². The highest BCUT2D eigenvalue weighted by molar-refractivity contribution is 6.40. The molecule has 6 heteroatoms. The summed E-state index contributed by atoms with van der Waals surface area (Å²) in [5, 5.41) is 0. The van der Waals surface area contributed by atoms with E-state index in [1.54, 1.807) is 0 Å². The highest BCUT2D eigenvalue weighted by Crippen LogP contribution is 2.16. The lowest BCUT2D eigenvalue weighted by molar-refractivity contribution is -0.135. The van der Waals surface area contributed by atoms with Gasteiger partial charge in [0.05, 0.1) is 7.11 Å². The Morgan fingerprint density at radius 1 is 1.31 bits per heavy atom. The summed E-state index contributed by atoms with van der Waals surface area (Å²) in [6, 6.07) is 4.93. The molecule has 0 amide bonds. The minimum Gasteiger partial charge on any atom is -0.463 e. The molecule has 0 radical (unpaired) electrons. The minimum absolute atomic E-state index is 0.0648. The van der Waals surface area contributed by atoms with Crippen LogP contribution in [0.1, 0.15) is 10.4 Å². The van der Waals surface area contributed by atoms with E-state index in [9.17, 15) is 18.4 Å². The van der Waals surface area contributed by atoms with Gasteiger partial charge in [-0.3, -0.25) is 4.79 Å². The van der Waals surface area contributed by atoms with Crippen LogP contribution in [0.5, 0.6) is 5.75 Å². The fourth-order valence-electron chi connectivity index (χ4n) is 1.02. The first-order valence-electron chi connectivity index (χ1n) is 4.22. The van der Waals surface area contributed by atoms with E-state index in [0.717, 1.165) is 13.2 Å². The normalized spacial score (nSPS) is 10.0. The highest BCUT2D eigenvalue weighted by Gasteiger charge is 2.17. The number of ether oxygens (including phenoxy) is 2. The van der Waals surface area contributed by atoms with Crippen molar-refractivity contribution in [1.82, 2.24) is 0 Å². The second kappa shape index (κ2) is 5.20. The second-order valence-corrected chi connectivity index (χ2v) is 2.73. The van der Waals surface area contributed by atoms with Gasteiger partial charge in [-0.15, -0.1) is 0 Å². The third-order valence-electron chi connectivity index (χ3n) is 1.69. The van der Waals surface area contributed by atoms with Crippen LogP contribution >= 0.6 is 0 Å². The lowest BCUT2D eigenvalue weighted by atomic mass is 10.1. The van der Waals surface area contributed by atoms with E-state index in [4.69, 9.17) is 0 Å². The van der Waals surface area contributed by atoms with E-state index in [1.807, 2.05) is 0 Å². The topological polar surface area (TPSA) is 52.6 Å². The number of ketones is 1. The van der Waals surface area contributed by atoms with Gasteiger partial charge in [0, 0.05) is 5.56 Å². The summed E-state index contributed by atoms with van der Waals surface area (Å²) in [4.78, 5) is 22.2. The van der Waals surface area contributed by atoms with Gasteiger partial charge in [-0.25, -0.2) is 4.79 Å². The lowest BCUT2D eigenvalue weighted by Crippen LogP contribution is -2.15. The largest absolute Gasteiger partial charge is 0.463 e. The van der Waals surface area contributed by atoms with Crippen molar-refractivity contribution in [3.8, 4) is 5.75 Å². The van der Waals surface area contributed by atoms with Gasteiger partial charge in [0.1, 0.15) is 5.75 Å². The Labute approximate surface area is 89.8 Å². The van der Waals surface area contributed by atoms with Gasteiger partial charge in [-0.2, -0.15) is 8.78 Å². The number of halogens is 2. The van der Waals surface area contributed by atoms with Crippen LogP contribution in [0.2, 0.25) is 0 Å². The maximum atomic E-state index is 11.9. The first kappa shape index (κ1) is 12.1. The Morgan fingerprint density at radius 3 is 2.56 bits per heavy atom. The zero-order chi connectivity index (χ0) is 12.1. The molecule has 0 fully saturated rings. The maximum absolute atomic E-state index is 11.9. The predicted octanol–water partition coefficient (Wildman–Crippen LogP) is 1.64. The smallest absolute Gasteiger partial charge is 0.387 e. The van der Waals surface area contributed by atoms with E-state index in [2.05, 4.69) is 9.47 Å². The SMILES string of the molecule is COC(=O)C(=O)c1cccc(OC(F)F)c1. The molecule has 0 saturated carbocycles. The number of esters is 1. The summed E-state index contributed by atoms with van der Waals surface area (Å²) in [5.41, 5.74) is -0.0648. The second-order valence-electron chi connectivity index (χ2n) is 2.73. The number of benzene rings is 1. The van der Waals surface area contributed by atoms with Crippen molar-refractivity contribution in [3.63, 3.8) is 0 Å². The molecule has 0 N–H and O–H groups in total. The molecule has 0 aliphatic heterocycles. The molecule has 0 heterocycles. The summed E-state index contributed by atoms with van der Waals surface area (Å²) in [7, 11) is 1.06. The van der Waals surface area contributed by atoms with Gasteiger partial charge in [0.2, 0.25) is 0 Å². The summed E-state index contributed by atoms with van der Waals surface area (Å²) in [5.74, 6) is -2.17. The Bertz CT molecular complexity index is 404. The molecule has 4 nitrogen and oxygen atoms in total. The quantitative estimate of drug-likeness (QED) is 0.448. The number of hydrogen-bond donors (Lipinski definition) is 0. The number of methoxy groups -OCH3 is 1. The Morgan fingerprint density at radius 2 is 2.00 bits per heavy atom. The molecule has 0 spiro atoms. The van der Waals surface area contributed by atoms with Crippen LogP contribution in [0.3, 0.4) is 0 Å². The number of carbonyl (C=O) groups excluding carboxylic acids is 2. The Balaban J connectivity index is 2.90. The molecule has 0 aliphatic rings. The molecule has 0 bridgehead atoms. The third-order valence-corrected chi connectivity index (χ3v) is 1.69. The van der Waals surface area contributed by atoms with Gasteiger partial charge in [-0.05, 0) is 12.1 Å². The Kier molecular flexibility index (Phi) is 3.93. The van der Waals surface area contributed by atoms with Crippen LogP contribution in [0.25, 0.3) is 0 Å². The summed E-state index contributed by atoms with van der Waals surface area (Å²) in [6.07, 6.45) is 0. The van der Waals surface area contributed by atoms with E-state index in [0.29, 0.717) is 0 Å². The summed E-state index contributed by atoms with van der Waals surface area (Å²) in [6.45, 7) is -2.98. The standard InChI is InChI=1S/C10H8F2O4/c1-15-9(14)8(13)6-3-2-4-7(5-6)16-10(11)12/h2-5,10H,1H3. The average Bonchev–Trinajstić information content (AvgIpc) is 2.26. The van der Waals surface area contributed by atoms with Gasteiger partial charge in [0.25, 0.3) is 5.78 Å². The summed E-state index contributed by atoms with van der Waals surface area (Å²) >= 11 is 0. The van der Waals surface area contributed by atoms with Gasteiger partial charge < -0.3 is 9.47 Å². The van der Waals surface area contributed by atoms with E-state index < -0.39 is 18.4 Å². The fraction of sp³-hybridized carbons (Fsp3) is 0.200. The van der Waals surface area contributed by atoms with E-state index in [1.165, 1.54) is 18.2 Å². The van der Waals surface area contributed by atoms with Crippen molar-refractivity contribution in [3.05, 3.63) is 29.8 Å². The monoisotopic (exact) mass is 230 g/mol. The van der Waals surface area contributed by atoms with Crippen LogP contribution in [0, 0.1) is 0 Å². The molecule has 16 heavy (non-hydrogen) atoms. The van der Waals surface area contributed by atoms with Crippen molar-refractivity contribution >= 4 is 11.8 Å². The maximum Gasteiger partial charge on any atom is 0.387 e. The van der Waals surface area contributed by atoms with Crippen LogP contribution in [0.4, 0.5) is 8.78 Å². The fourth-order valence-corrected chi connectivity index (χ4v) is 1.02. The van der Waals surface area contributed by atoms with Crippen molar-refractivity contribution in [1.29, 1.82) is 0 Å². The van der Waals surface area contributed by atoms with Crippen LogP contribution < -0.4 is 4.74 Å². The molecule has 1 aromatic carbocycles. The van der Waals surface area contributed by atoms with Crippen molar-refractivity contribution in [2.45, 2.75) is 6.61 Å². The Hall–Kier alpha value is -1.98. The highest BCUT2D eigenvalue weighted by atomic mass is 19.3. The van der Waals surface area contributed by atoms with Crippen molar-refractivity contribution in [2.75, 3.05) is 7.11 Å². The molecule has 0 unspecified atom stereocenters. The van der Waals surface area contributed by atoms with Gasteiger partial charge in [-0.1, -0.05) is 12.1 Å². The lowest BCUT2D eigenvalue weighted by Gasteiger charge is -2.05. The zero-order valence-electron chi connectivity index (χ0n) is 8.28. The number of rotatable bonds is 4. The van der Waals surface area contributed by atoms with E-state index >= 15 is 0 Å². The number of alkyl halides is 2. The molecule has 86 valence electrons. The number of carbonyl (C=O) groups is 2. The molecular weight excluding hydrogens is 222 g/mol. The molecule has 0 aliphatic carbocycles. The molecule has 0 saturated heterocycles. The average molecular weight is 230 g/mol. The van der Waals surface area contributed by atoms with Crippen molar-refractivity contribution < 1.29 is 27.8 Å². The third kappa shape index (κ3) is 3.01. The zero-order valence-corrected chi connectivity index (χ0v) is 8.28. The first-order chi connectivity index (χ1) is 7.54. The molecule has 1 rings (SSSR count). The molecule has 1 aromatic rings. The van der Waals surface area contributed by atoms with Gasteiger partial charge in [0.15, 0.2) is 0 Å². The van der Waals surface area contributed by atoms with E-state index in [-0.39, 0.29) is 11.3 Å². The molecular formula is C10H8F2O4.